The molecule has 1 aliphatic heterocycles. The Kier molecular flexibility index (Phi) is 4.03. The molecule has 138 valence electrons. The highest BCUT2D eigenvalue weighted by Gasteiger charge is 2.37. The summed E-state index contributed by atoms with van der Waals surface area (Å²) in [7, 11) is 0. The summed E-state index contributed by atoms with van der Waals surface area (Å²) in [4.78, 5) is 29.1. The Labute approximate surface area is 158 Å². The van der Waals surface area contributed by atoms with E-state index in [-0.39, 0.29) is 5.91 Å². The van der Waals surface area contributed by atoms with Gasteiger partial charge in [0.2, 0.25) is 0 Å². The average molecular weight is 361 g/mol. The summed E-state index contributed by atoms with van der Waals surface area (Å²) in [6.07, 6.45) is 9.79. The predicted molar refractivity (Wildman–Crippen MR) is 105 cm³/mol. The quantitative estimate of drug-likeness (QED) is 0.775. The van der Waals surface area contributed by atoms with Gasteiger partial charge >= 0.3 is 0 Å². The molecule has 3 aromatic rings. The molecule has 2 aliphatic rings. The van der Waals surface area contributed by atoms with Crippen molar-refractivity contribution in [3.63, 3.8) is 0 Å². The van der Waals surface area contributed by atoms with E-state index in [1.165, 1.54) is 12.8 Å². The molecule has 0 unspecified atom stereocenters. The summed E-state index contributed by atoms with van der Waals surface area (Å²) in [5.74, 6) is 1.16. The second-order valence-corrected chi connectivity index (χ2v) is 7.51. The fourth-order valence-electron chi connectivity index (χ4n) is 4.18. The fourth-order valence-corrected chi connectivity index (χ4v) is 4.18. The summed E-state index contributed by atoms with van der Waals surface area (Å²) in [5.41, 5.74) is 1.84. The molecule has 5 rings (SSSR count). The zero-order valence-corrected chi connectivity index (χ0v) is 15.2. The number of aromatic nitrogens is 3. The zero-order chi connectivity index (χ0) is 18.2. The maximum absolute atomic E-state index is 12.9. The lowest BCUT2D eigenvalue weighted by Crippen LogP contribution is -2.48. The molecule has 0 atom stereocenters. The molecule has 6 heteroatoms. The summed E-state index contributed by atoms with van der Waals surface area (Å²) in [5, 5.41) is 1.08. The summed E-state index contributed by atoms with van der Waals surface area (Å²) in [6, 6.07) is 10.9. The number of piperidine rings is 1. The zero-order valence-electron chi connectivity index (χ0n) is 15.2. The third kappa shape index (κ3) is 3.16. The van der Waals surface area contributed by atoms with Gasteiger partial charge in [0.05, 0.1) is 0 Å². The number of likely N-dealkylation sites (tertiary alicyclic amines) is 1. The summed E-state index contributed by atoms with van der Waals surface area (Å²) < 4.78 is 0. The van der Waals surface area contributed by atoms with Gasteiger partial charge in [-0.3, -0.25) is 4.79 Å². The van der Waals surface area contributed by atoms with E-state index >= 15 is 0 Å². The number of carbonyl (C=O) groups is 1. The first-order chi connectivity index (χ1) is 13.3. The number of nitrogens with zero attached hydrogens (tertiary/aromatic N) is 4. The lowest BCUT2D eigenvalue weighted by atomic mass is 10.0. The van der Waals surface area contributed by atoms with Crippen molar-refractivity contribution >= 4 is 22.6 Å². The number of nitrogens with one attached hydrogen (secondary N) is 1. The van der Waals surface area contributed by atoms with Gasteiger partial charge in [-0.1, -0.05) is 0 Å². The van der Waals surface area contributed by atoms with Crippen molar-refractivity contribution in [2.45, 2.75) is 37.8 Å². The van der Waals surface area contributed by atoms with Crippen LogP contribution in [0.4, 0.5) is 5.82 Å². The fraction of sp³-hybridized carbons (Fsp3) is 0.381. The molecule has 1 N–H and O–H groups in total. The van der Waals surface area contributed by atoms with Gasteiger partial charge in [-0.25, -0.2) is 9.97 Å². The first-order valence-electron chi connectivity index (χ1n) is 9.70. The van der Waals surface area contributed by atoms with Gasteiger partial charge in [-0.2, -0.15) is 0 Å². The largest absolute Gasteiger partial charge is 0.361 e. The monoisotopic (exact) mass is 361 g/mol. The highest BCUT2D eigenvalue weighted by Crippen LogP contribution is 2.35. The second-order valence-electron chi connectivity index (χ2n) is 7.51. The Balaban J connectivity index is 1.28. The Morgan fingerprint density at radius 1 is 1.07 bits per heavy atom. The van der Waals surface area contributed by atoms with Crippen LogP contribution >= 0.6 is 0 Å². The lowest BCUT2D eigenvalue weighted by molar-refractivity contribution is 0.0712. The van der Waals surface area contributed by atoms with Crippen molar-refractivity contribution in [2.24, 2.45) is 0 Å². The minimum atomic E-state index is 0.136. The molecule has 1 amide bonds. The number of hydrogen-bond acceptors (Lipinski definition) is 4. The van der Waals surface area contributed by atoms with Crippen LogP contribution in [0.2, 0.25) is 0 Å². The molecular weight excluding hydrogens is 338 g/mol. The SMILES string of the molecule is O=C(c1ccc2[nH]ccc2c1)N1CCC(N(c2ccncn2)C2CC2)CC1. The van der Waals surface area contributed by atoms with E-state index in [9.17, 15) is 4.79 Å². The number of anilines is 1. The normalized spacial score (nSPS) is 18.0. The first kappa shape index (κ1) is 16.3. The van der Waals surface area contributed by atoms with Crippen LogP contribution in [0.1, 0.15) is 36.0 Å². The molecule has 0 bridgehead atoms. The Hall–Kier alpha value is -2.89. The lowest BCUT2D eigenvalue weighted by Gasteiger charge is -2.39. The van der Waals surface area contributed by atoms with Gasteiger partial charge in [0, 0.05) is 54.0 Å². The molecular formula is C21H23N5O. The van der Waals surface area contributed by atoms with Gasteiger partial charge in [-0.05, 0) is 56.0 Å². The van der Waals surface area contributed by atoms with Crippen LogP contribution in [0.3, 0.4) is 0 Å². The Morgan fingerprint density at radius 3 is 2.63 bits per heavy atom. The van der Waals surface area contributed by atoms with Crippen LogP contribution in [0.15, 0.2) is 49.1 Å². The van der Waals surface area contributed by atoms with E-state index < -0.39 is 0 Å². The van der Waals surface area contributed by atoms with Crippen LogP contribution < -0.4 is 4.90 Å². The van der Waals surface area contributed by atoms with Crippen molar-refractivity contribution < 1.29 is 4.79 Å². The second kappa shape index (κ2) is 6.68. The number of hydrogen-bond donors (Lipinski definition) is 1. The predicted octanol–water partition coefficient (Wildman–Crippen LogP) is 3.23. The van der Waals surface area contributed by atoms with E-state index in [1.807, 2.05) is 47.6 Å². The van der Waals surface area contributed by atoms with E-state index in [1.54, 1.807) is 6.33 Å². The highest BCUT2D eigenvalue weighted by molar-refractivity contribution is 5.98. The Morgan fingerprint density at radius 2 is 1.89 bits per heavy atom. The van der Waals surface area contributed by atoms with Gasteiger partial charge in [0.25, 0.3) is 5.91 Å². The third-order valence-electron chi connectivity index (χ3n) is 5.72. The van der Waals surface area contributed by atoms with Gasteiger partial charge in [-0.15, -0.1) is 0 Å². The van der Waals surface area contributed by atoms with Crippen LogP contribution in [-0.4, -0.2) is 50.9 Å². The van der Waals surface area contributed by atoms with Crippen molar-refractivity contribution in [1.82, 2.24) is 19.9 Å². The van der Waals surface area contributed by atoms with Gasteiger partial charge in [0.15, 0.2) is 0 Å². The summed E-state index contributed by atoms with van der Waals surface area (Å²) in [6.45, 7) is 1.59. The number of aromatic amines is 1. The smallest absolute Gasteiger partial charge is 0.253 e. The average Bonchev–Trinajstić information content (AvgIpc) is 3.44. The molecule has 2 aromatic heterocycles. The maximum Gasteiger partial charge on any atom is 0.253 e. The van der Waals surface area contributed by atoms with E-state index in [4.69, 9.17) is 0 Å². The van der Waals surface area contributed by atoms with E-state index in [0.717, 1.165) is 48.2 Å². The van der Waals surface area contributed by atoms with Crippen LogP contribution in [-0.2, 0) is 0 Å². The molecule has 0 spiro atoms. The van der Waals surface area contributed by atoms with E-state index in [0.29, 0.717) is 12.1 Å². The van der Waals surface area contributed by atoms with Gasteiger partial charge < -0.3 is 14.8 Å². The molecule has 2 fully saturated rings. The van der Waals surface area contributed by atoms with Crippen LogP contribution in [0, 0.1) is 0 Å². The highest BCUT2D eigenvalue weighted by atomic mass is 16.2. The number of fused-ring (bicyclic) bond motifs is 1. The Bertz CT molecular complexity index is 941. The molecule has 1 saturated carbocycles. The topological polar surface area (TPSA) is 65.1 Å². The van der Waals surface area contributed by atoms with Gasteiger partial charge in [0.1, 0.15) is 12.1 Å². The molecule has 1 aliphatic carbocycles. The number of amides is 1. The van der Waals surface area contributed by atoms with Crippen molar-refractivity contribution in [3.8, 4) is 0 Å². The standard InChI is InChI=1S/C21H23N5O/c27-21(16-1-4-19-15(13-16)5-10-23-19)25-11-7-18(8-12-25)26(17-2-3-17)20-6-9-22-14-24-20/h1,4-6,9-10,13-14,17-18,23H,2-3,7-8,11-12H2. The third-order valence-corrected chi connectivity index (χ3v) is 5.72. The minimum Gasteiger partial charge on any atom is -0.361 e. The van der Waals surface area contributed by atoms with Crippen molar-refractivity contribution in [1.29, 1.82) is 0 Å². The first-order valence-corrected chi connectivity index (χ1v) is 9.70. The number of carbonyl (C=O) groups excluding carboxylic acids is 1. The molecule has 3 heterocycles. The van der Waals surface area contributed by atoms with E-state index in [2.05, 4.69) is 19.9 Å². The molecule has 6 nitrogen and oxygen atoms in total. The minimum absolute atomic E-state index is 0.136. The molecule has 27 heavy (non-hydrogen) atoms. The summed E-state index contributed by atoms with van der Waals surface area (Å²) >= 11 is 0. The maximum atomic E-state index is 12.9. The molecule has 1 saturated heterocycles. The van der Waals surface area contributed by atoms with Crippen molar-refractivity contribution in [3.05, 3.63) is 54.6 Å². The molecule has 0 radical (unpaired) electrons. The van der Waals surface area contributed by atoms with Crippen LogP contribution in [0.25, 0.3) is 10.9 Å². The van der Waals surface area contributed by atoms with Crippen molar-refractivity contribution in [2.75, 3.05) is 18.0 Å². The van der Waals surface area contributed by atoms with Crippen LogP contribution in [0.5, 0.6) is 0 Å². The number of benzene rings is 1. The number of rotatable bonds is 4. The molecule has 1 aromatic carbocycles. The number of H-pyrrole nitrogens is 1.